The average Bonchev–Trinajstić information content (AvgIpc) is 3.25. The molecule has 10 nitrogen and oxygen atoms in total. The largest absolute Gasteiger partial charge is 0.491 e. The first-order chi connectivity index (χ1) is 15.8. The van der Waals surface area contributed by atoms with Crippen LogP contribution in [0.2, 0.25) is 0 Å². The van der Waals surface area contributed by atoms with Gasteiger partial charge in [-0.05, 0) is 39.3 Å². The fraction of sp³-hybridized carbons (Fsp3) is 0.455. The zero-order chi connectivity index (χ0) is 23.7. The number of rotatable bonds is 4. The summed E-state index contributed by atoms with van der Waals surface area (Å²) in [5, 5.41) is 6.78. The van der Waals surface area contributed by atoms with Crippen LogP contribution in [0.3, 0.4) is 0 Å². The van der Waals surface area contributed by atoms with Gasteiger partial charge in [-0.25, -0.2) is 9.37 Å². The number of amides is 2. The Balaban J connectivity index is 1.80. The van der Waals surface area contributed by atoms with E-state index in [-0.39, 0.29) is 29.0 Å². The molecule has 1 aliphatic rings. The van der Waals surface area contributed by atoms with Crippen LogP contribution in [0, 0.1) is 12.7 Å². The van der Waals surface area contributed by atoms with Crippen LogP contribution in [-0.2, 0) is 17.8 Å². The monoisotopic (exact) mass is 458 g/mol. The predicted molar refractivity (Wildman–Crippen MR) is 119 cm³/mol. The number of hydrogen-bond acceptors (Lipinski definition) is 6. The van der Waals surface area contributed by atoms with Gasteiger partial charge in [0.2, 0.25) is 11.9 Å². The topological polar surface area (TPSA) is 126 Å². The Hall–Kier alpha value is -3.47. The summed E-state index contributed by atoms with van der Waals surface area (Å²) < 4.78 is 29.5. The number of imidazole rings is 1. The number of nitrogens with one attached hydrogen (secondary N) is 1. The molecular weight excluding hydrogens is 431 g/mol. The van der Waals surface area contributed by atoms with Crippen molar-refractivity contribution in [2.75, 3.05) is 18.5 Å². The number of hydrogen-bond donors (Lipinski definition) is 2. The van der Waals surface area contributed by atoms with Crippen LogP contribution in [0.25, 0.3) is 11.0 Å². The molecule has 0 fully saturated rings. The normalized spacial score (nSPS) is 16.8. The highest BCUT2D eigenvalue weighted by molar-refractivity contribution is 6.04. The maximum atomic E-state index is 14.6. The number of primary amides is 1. The molecule has 0 bridgehead atoms. The third kappa shape index (κ3) is 4.40. The molecule has 0 spiro atoms. The van der Waals surface area contributed by atoms with Gasteiger partial charge in [0.1, 0.15) is 11.3 Å². The Labute approximate surface area is 189 Å². The van der Waals surface area contributed by atoms with E-state index in [2.05, 4.69) is 15.4 Å². The van der Waals surface area contributed by atoms with Gasteiger partial charge < -0.3 is 19.8 Å². The van der Waals surface area contributed by atoms with E-state index in [9.17, 15) is 14.0 Å². The first-order valence-electron chi connectivity index (χ1n) is 10.9. The maximum Gasteiger partial charge on any atom is 0.279 e. The molecule has 2 amide bonds. The first-order valence-corrected chi connectivity index (χ1v) is 10.9. The highest BCUT2D eigenvalue weighted by Crippen LogP contribution is 2.32. The molecule has 3 N–H and O–H groups in total. The lowest BCUT2D eigenvalue weighted by Gasteiger charge is -2.13. The van der Waals surface area contributed by atoms with E-state index in [1.54, 1.807) is 23.6 Å². The van der Waals surface area contributed by atoms with Gasteiger partial charge in [-0.3, -0.25) is 19.6 Å². The molecule has 0 saturated heterocycles. The number of ether oxygens (including phenoxy) is 2. The Morgan fingerprint density at radius 3 is 2.85 bits per heavy atom. The minimum Gasteiger partial charge on any atom is -0.491 e. The molecule has 3 aromatic rings. The van der Waals surface area contributed by atoms with Gasteiger partial charge in [0.05, 0.1) is 23.9 Å². The standard InChI is InChI=1S/C22H27FN6O4/c1-4-29-19(17(23)13(3)27-29)21(31)26-22-25-15-10-14(20(24)30)11-16-18(15)28(22)7-5-8-32-12(2)6-9-33-16/h10-12H,4-9H2,1-3H3,(H2,24,30)(H,25,26,31)/t12-/m0/s1. The third-order valence-electron chi connectivity index (χ3n) is 5.60. The van der Waals surface area contributed by atoms with Crippen molar-refractivity contribution in [1.82, 2.24) is 19.3 Å². The molecule has 4 rings (SSSR count). The lowest BCUT2D eigenvalue weighted by Crippen LogP contribution is -2.21. The fourth-order valence-electron chi connectivity index (χ4n) is 3.89. The van der Waals surface area contributed by atoms with Crippen LogP contribution in [0.5, 0.6) is 5.75 Å². The van der Waals surface area contributed by atoms with Crippen LogP contribution in [0.1, 0.15) is 53.2 Å². The maximum absolute atomic E-state index is 14.6. The minimum atomic E-state index is -0.676. The summed E-state index contributed by atoms with van der Waals surface area (Å²) in [6.45, 7) is 6.92. The molecule has 1 aliphatic heterocycles. The molecule has 3 heterocycles. The SMILES string of the molecule is CCn1nc(C)c(F)c1C(=O)Nc1nc2cc(C(N)=O)cc3c2n1CCCO[C@@H](C)CCO3. The highest BCUT2D eigenvalue weighted by Gasteiger charge is 2.25. The van der Waals surface area contributed by atoms with Gasteiger partial charge in [-0.2, -0.15) is 5.10 Å². The van der Waals surface area contributed by atoms with Gasteiger partial charge in [-0.1, -0.05) is 0 Å². The number of aromatic nitrogens is 4. The van der Waals surface area contributed by atoms with Crippen molar-refractivity contribution in [3.8, 4) is 5.75 Å². The molecule has 0 saturated carbocycles. The predicted octanol–water partition coefficient (Wildman–Crippen LogP) is 2.63. The highest BCUT2D eigenvalue weighted by atomic mass is 19.1. The molecule has 1 aromatic carbocycles. The summed E-state index contributed by atoms with van der Waals surface area (Å²) in [6, 6.07) is 3.13. The van der Waals surface area contributed by atoms with Crippen molar-refractivity contribution in [2.45, 2.75) is 52.8 Å². The van der Waals surface area contributed by atoms with Crippen LogP contribution in [0.4, 0.5) is 10.3 Å². The zero-order valence-electron chi connectivity index (χ0n) is 18.9. The van der Waals surface area contributed by atoms with Crippen molar-refractivity contribution in [3.05, 3.63) is 34.9 Å². The Morgan fingerprint density at radius 2 is 2.12 bits per heavy atom. The van der Waals surface area contributed by atoms with E-state index < -0.39 is 17.6 Å². The van der Waals surface area contributed by atoms with E-state index in [1.807, 2.05) is 6.92 Å². The van der Waals surface area contributed by atoms with Crippen LogP contribution in [-0.4, -0.2) is 50.5 Å². The number of carbonyl (C=O) groups excluding carboxylic acids is 2. The second-order valence-electron chi connectivity index (χ2n) is 7.98. The number of carbonyl (C=O) groups is 2. The molecule has 1 atom stereocenters. The second-order valence-corrected chi connectivity index (χ2v) is 7.98. The summed E-state index contributed by atoms with van der Waals surface area (Å²) in [6.07, 6.45) is 1.32. The summed E-state index contributed by atoms with van der Waals surface area (Å²) in [7, 11) is 0. The molecule has 0 aliphatic carbocycles. The number of anilines is 1. The second kappa shape index (κ2) is 9.18. The van der Waals surface area contributed by atoms with Crippen LogP contribution in [0.15, 0.2) is 12.1 Å². The summed E-state index contributed by atoms with van der Waals surface area (Å²) >= 11 is 0. The summed E-state index contributed by atoms with van der Waals surface area (Å²) in [4.78, 5) is 29.4. The Bertz CT molecular complexity index is 1220. The quantitative estimate of drug-likeness (QED) is 0.619. The number of halogens is 1. The van der Waals surface area contributed by atoms with Crippen molar-refractivity contribution in [3.63, 3.8) is 0 Å². The van der Waals surface area contributed by atoms with Gasteiger partial charge in [-0.15, -0.1) is 0 Å². The summed E-state index contributed by atoms with van der Waals surface area (Å²) in [5.74, 6) is -1.32. The number of nitrogens with zero attached hydrogens (tertiary/aromatic N) is 4. The van der Waals surface area contributed by atoms with E-state index in [4.69, 9.17) is 15.2 Å². The van der Waals surface area contributed by atoms with Crippen molar-refractivity contribution in [1.29, 1.82) is 0 Å². The molecule has 33 heavy (non-hydrogen) atoms. The van der Waals surface area contributed by atoms with Gasteiger partial charge in [0.25, 0.3) is 5.91 Å². The first kappa shape index (κ1) is 22.7. The number of aryl methyl sites for hydroxylation is 3. The molecule has 11 heteroatoms. The molecule has 2 aromatic heterocycles. The van der Waals surface area contributed by atoms with Crippen molar-refractivity contribution < 1.29 is 23.5 Å². The zero-order valence-corrected chi connectivity index (χ0v) is 18.9. The van der Waals surface area contributed by atoms with E-state index >= 15 is 0 Å². The fourth-order valence-corrected chi connectivity index (χ4v) is 3.89. The smallest absolute Gasteiger partial charge is 0.279 e. The lowest BCUT2D eigenvalue weighted by atomic mass is 10.1. The molecule has 176 valence electrons. The number of benzene rings is 1. The molecular formula is C22H27FN6O4. The van der Waals surface area contributed by atoms with Crippen molar-refractivity contribution >= 4 is 28.8 Å². The Morgan fingerprint density at radius 1 is 1.33 bits per heavy atom. The average molecular weight is 458 g/mol. The molecule has 0 unspecified atom stereocenters. The molecule has 0 radical (unpaired) electrons. The summed E-state index contributed by atoms with van der Waals surface area (Å²) in [5.41, 5.74) is 6.77. The Kier molecular flexibility index (Phi) is 6.32. The van der Waals surface area contributed by atoms with E-state index in [1.165, 1.54) is 11.6 Å². The third-order valence-corrected chi connectivity index (χ3v) is 5.60. The van der Waals surface area contributed by atoms with E-state index in [0.29, 0.717) is 55.9 Å². The van der Waals surface area contributed by atoms with Crippen LogP contribution >= 0.6 is 0 Å². The van der Waals surface area contributed by atoms with Crippen LogP contribution < -0.4 is 15.8 Å². The van der Waals surface area contributed by atoms with Gasteiger partial charge in [0.15, 0.2) is 11.5 Å². The van der Waals surface area contributed by atoms with Crippen molar-refractivity contribution in [2.24, 2.45) is 5.73 Å². The van der Waals surface area contributed by atoms with Gasteiger partial charge in [0, 0.05) is 31.7 Å². The van der Waals surface area contributed by atoms with Gasteiger partial charge >= 0.3 is 0 Å². The van der Waals surface area contributed by atoms with E-state index in [0.717, 1.165) is 0 Å². The lowest BCUT2D eigenvalue weighted by molar-refractivity contribution is 0.0485. The minimum absolute atomic E-state index is 0.00937. The number of nitrogens with two attached hydrogens (primary N) is 1.